The van der Waals surface area contributed by atoms with Crippen molar-refractivity contribution in [2.24, 2.45) is 11.3 Å². The molecule has 0 heterocycles. The third-order valence-electron chi connectivity index (χ3n) is 4.28. The Bertz CT molecular complexity index is 193. The van der Waals surface area contributed by atoms with Crippen LogP contribution in [0.1, 0.15) is 59.3 Å². The SMILES string of the molecule is CCC1CC[C@@H](NC2CC2)CC1(C)C. The monoisotopic (exact) mass is 195 g/mol. The van der Waals surface area contributed by atoms with Gasteiger partial charge < -0.3 is 5.32 Å². The van der Waals surface area contributed by atoms with E-state index in [2.05, 4.69) is 26.1 Å². The second-order valence-corrected chi connectivity index (χ2v) is 6.01. The third-order valence-corrected chi connectivity index (χ3v) is 4.28. The molecule has 82 valence electrons. The number of hydrogen-bond acceptors (Lipinski definition) is 1. The summed E-state index contributed by atoms with van der Waals surface area (Å²) in [5.74, 6) is 0.958. The highest BCUT2D eigenvalue weighted by atomic mass is 15.0. The predicted molar refractivity (Wildman–Crippen MR) is 61.4 cm³/mol. The normalized spacial score (nSPS) is 37.1. The Balaban J connectivity index is 1.87. The molecule has 0 radical (unpaired) electrons. The van der Waals surface area contributed by atoms with Crippen molar-refractivity contribution in [3.63, 3.8) is 0 Å². The van der Waals surface area contributed by atoms with Gasteiger partial charge in [0.05, 0.1) is 0 Å². The standard InChI is InChI=1S/C13H25N/c1-4-10-5-6-12(9-13(10,2)3)14-11-7-8-11/h10-12,14H,4-9H2,1-3H3/t10?,12-/m1/s1. The number of rotatable bonds is 3. The molecule has 0 spiro atoms. The Labute approximate surface area is 88.7 Å². The van der Waals surface area contributed by atoms with Crippen LogP contribution in [-0.4, -0.2) is 12.1 Å². The highest BCUT2D eigenvalue weighted by Gasteiger charge is 2.37. The highest BCUT2D eigenvalue weighted by Crippen LogP contribution is 2.42. The summed E-state index contributed by atoms with van der Waals surface area (Å²) in [6.07, 6.45) is 8.46. The second-order valence-electron chi connectivity index (χ2n) is 6.01. The molecule has 2 rings (SSSR count). The van der Waals surface area contributed by atoms with E-state index in [-0.39, 0.29) is 0 Å². The fourth-order valence-electron chi connectivity index (χ4n) is 3.18. The highest BCUT2D eigenvalue weighted by molar-refractivity contribution is 4.92. The fourth-order valence-corrected chi connectivity index (χ4v) is 3.18. The first-order valence-corrected chi connectivity index (χ1v) is 6.38. The van der Waals surface area contributed by atoms with Gasteiger partial charge in [-0.25, -0.2) is 0 Å². The molecule has 0 aromatic carbocycles. The van der Waals surface area contributed by atoms with E-state index >= 15 is 0 Å². The van der Waals surface area contributed by atoms with E-state index in [4.69, 9.17) is 0 Å². The first-order valence-electron chi connectivity index (χ1n) is 6.38. The maximum Gasteiger partial charge on any atom is 0.00749 e. The largest absolute Gasteiger partial charge is 0.311 e. The second kappa shape index (κ2) is 3.84. The topological polar surface area (TPSA) is 12.0 Å². The van der Waals surface area contributed by atoms with Gasteiger partial charge in [0.1, 0.15) is 0 Å². The first kappa shape index (κ1) is 10.5. The summed E-state index contributed by atoms with van der Waals surface area (Å²) >= 11 is 0. The lowest BCUT2D eigenvalue weighted by atomic mass is 9.66. The Kier molecular flexibility index (Phi) is 2.88. The van der Waals surface area contributed by atoms with Crippen molar-refractivity contribution in [2.45, 2.75) is 71.4 Å². The van der Waals surface area contributed by atoms with Gasteiger partial charge in [-0.15, -0.1) is 0 Å². The maximum absolute atomic E-state index is 3.79. The molecule has 0 amide bonds. The predicted octanol–water partition coefficient (Wildman–Crippen LogP) is 3.34. The van der Waals surface area contributed by atoms with Crippen LogP contribution in [0.2, 0.25) is 0 Å². The average Bonchev–Trinajstić information content (AvgIpc) is 2.87. The van der Waals surface area contributed by atoms with Gasteiger partial charge in [0.25, 0.3) is 0 Å². The summed E-state index contributed by atoms with van der Waals surface area (Å²) in [5, 5.41) is 3.79. The molecule has 2 aliphatic carbocycles. The molecular formula is C13H25N. The maximum atomic E-state index is 3.79. The van der Waals surface area contributed by atoms with Crippen LogP contribution >= 0.6 is 0 Å². The van der Waals surface area contributed by atoms with E-state index < -0.39 is 0 Å². The van der Waals surface area contributed by atoms with Crippen molar-refractivity contribution in [1.82, 2.24) is 5.32 Å². The van der Waals surface area contributed by atoms with Crippen molar-refractivity contribution in [3.05, 3.63) is 0 Å². The van der Waals surface area contributed by atoms with Gasteiger partial charge in [-0.3, -0.25) is 0 Å². The minimum Gasteiger partial charge on any atom is -0.311 e. The zero-order chi connectivity index (χ0) is 10.2. The average molecular weight is 195 g/mol. The van der Waals surface area contributed by atoms with Crippen molar-refractivity contribution in [2.75, 3.05) is 0 Å². The van der Waals surface area contributed by atoms with Crippen LogP contribution in [0.4, 0.5) is 0 Å². The molecule has 0 aliphatic heterocycles. The van der Waals surface area contributed by atoms with Crippen molar-refractivity contribution < 1.29 is 0 Å². The minimum absolute atomic E-state index is 0.569. The zero-order valence-corrected chi connectivity index (χ0v) is 9.97. The van der Waals surface area contributed by atoms with Gasteiger partial charge in [0, 0.05) is 12.1 Å². The molecular weight excluding hydrogens is 170 g/mol. The zero-order valence-electron chi connectivity index (χ0n) is 9.97. The van der Waals surface area contributed by atoms with Gasteiger partial charge in [0.15, 0.2) is 0 Å². The lowest BCUT2D eigenvalue weighted by molar-refractivity contribution is 0.106. The smallest absolute Gasteiger partial charge is 0.00749 e. The lowest BCUT2D eigenvalue weighted by Crippen LogP contribution is -2.42. The Morgan fingerprint density at radius 1 is 1.07 bits per heavy atom. The van der Waals surface area contributed by atoms with Crippen molar-refractivity contribution >= 4 is 0 Å². The van der Waals surface area contributed by atoms with Crippen LogP contribution < -0.4 is 5.32 Å². The van der Waals surface area contributed by atoms with E-state index in [0.29, 0.717) is 5.41 Å². The summed E-state index contributed by atoms with van der Waals surface area (Å²) in [5.41, 5.74) is 0.569. The lowest BCUT2D eigenvalue weighted by Gasteiger charge is -2.42. The summed E-state index contributed by atoms with van der Waals surface area (Å²) < 4.78 is 0. The number of hydrogen-bond donors (Lipinski definition) is 1. The van der Waals surface area contributed by atoms with Crippen LogP contribution in [0.5, 0.6) is 0 Å². The molecule has 2 aliphatic rings. The molecule has 0 aromatic heterocycles. The van der Waals surface area contributed by atoms with Crippen LogP contribution in [0.3, 0.4) is 0 Å². The van der Waals surface area contributed by atoms with Crippen LogP contribution in [-0.2, 0) is 0 Å². The molecule has 1 unspecified atom stereocenters. The van der Waals surface area contributed by atoms with E-state index in [1.165, 1.54) is 38.5 Å². The Hall–Kier alpha value is -0.0400. The molecule has 1 heteroatoms. The van der Waals surface area contributed by atoms with E-state index in [9.17, 15) is 0 Å². The minimum atomic E-state index is 0.569. The first-order chi connectivity index (χ1) is 6.62. The summed E-state index contributed by atoms with van der Waals surface area (Å²) in [6.45, 7) is 7.27. The molecule has 14 heavy (non-hydrogen) atoms. The van der Waals surface area contributed by atoms with E-state index in [1.807, 2.05) is 0 Å². The van der Waals surface area contributed by atoms with Crippen LogP contribution in [0, 0.1) is 11.3 Å². The van der Waals surface area contributed by atoms with Gasteiger partial charge in [-0.05, 0) is 43.4 Å². The fraction of sp³-hybridized carbons (Fsp3) is 1.00. The van der Waals surface area contributed by atoms with Crippen molar-refractivity contribution in [1.29, 1.82) is 0 Å². The summed E-state index contributed by atoms with van der Waals surface area (Å²) in [6, 6.07) is 1.70. The molecule has 0 aromatic rings. The summed E-state index contributed by atoms with van der Waals surface area (Å²) in [7, 11) is 0. The van der Waals surface area contributed by atoms with Crippen LogP contribution in [0.15, 0.2) is 0 Å². The molecule has 1 N–H and O–H groups in total. The molecule has 0 bridgehead atoms. The Morgan fingerprint density at radius 3 is 2.21 bits per heavy atom. The van der Waals surface area contributed by atoms with E-state index in [0.717, 1.165) is 18.0 Å². The quantitative estimate of drug-likeness (QED) is 0.728. The van der Waals surface area contributed by atoms with Gasteiger partial charge in [-0.1, -0.05) is 27.2 Å². The molecule has 2 atom stereocenters. The molecule has 2 saturated carbocycles. The number of nitrogens with one attached hydrogen (secondary N) is 1. The van der Waals surface area contributed by atoms with Gasteiger partial charge in [-0.2, -0.15) is 0 Å². The third kappa shape index (κ3) is 2.31. The Morgan fingerprint density at radius 2 is 1.71 bits per heavy atom. The molecule has 0 saturated heterocycles. The van der Waals surface area contributed by atoms with Crippen LogP contribution in [0.25, 0.3) is 0 Å². The van der Waals surface area contributed by atoms with Crippen molar-refractivity contribution in [3.8, 4) is 0 Å². The van der Waals surface area contributed by atoms with E-state index in [1.54, 1.807) is 0 Å². The summed E-state index contributed by atoms with van der Waals surface area (Å²) in [4.78, 5) is 0. The molecule has 2 fully saturated rings. The van der Waals surface area contributed by atoms with Gasteiger partial charge in [0.2, 0.25) is 0 Å². The molecule has 1 nitrogen and oxygen atoms in total. The van der Waals surface area contributed by atoms with Gasteiger partial charge >= 0.3 is 0 Å².